The van der Waals surface area contributed by atoms with Crippen LogP contribution >= 0.6 is 0 Å². The van der Waals surface area contributed by atoms with E-state index >= 15 is 0 Å². The molecule has 0 fully saturated rings. The Bertz CT molecular complexity index is 4070. The summed E-state index contributed by atoms with van der Waals surface area (Å²) in [5, 5.41) is 2.29. The van der Waals surface area contributed by atoms with Gasteiger partial charge in [0, 0.05) is 16.3 Å². The van der Waals surface area contributed by atoms with Gasteiger partial charge in [-0.1, -0.05) is 302 Å². The molecule has 1 heterocycles. The van der Waals surface area contributed by atoms with Crippen LogP contribution in [-0.2, 0) is 29.1 Å². The molecule has 1 atom stereocenters. The predicted octanol–water partition coefficient (Wildman–Crippen LogP) is 20.8. The summed E-state index contributed by atoms with van der Waals surface area (Å²) in [5.41, 5.74) is 25.3. The van der Waals surface area contributed by atoms with Crippen LogP contribution in [0.4, 0.5) is 0 Å². The first-order valence-corrected chi connectivity index (χ1v) is 28.2. The number of fused-ring (bicyclic) bond motifs is 6. The van der Waals surface area contributed by atoms with Crippen molar-refractivity contribution in [1.82, 2.24) is 0 Å². The van der Waals surface area contributed by atoms with Gasteiger partial charge in [-0.2, -0.15) is 0 Å². The summed E-state index contributed by atoms with van der Waals surface area (Å²) in [6, 6.07) is 97.2. The Morgan fingerprint density at radius 3 is 1.29 bits per heavy atom. The molecule has 13 rings (SSSR count). The second kappa shape index (κ2) is 19.9. The van der Waals surface area contributed by atoms with E-state index in [2.05, 4.69) is 302 Å². The first kappa shape index (κ1) is 49.8. The third kappa shape index (κ3) is 9.12. The van der Waals surface area contributed by atoms with Gasteiger partial charge in [-0.3, -0.25) is 0 Å². The van der Waals surface area contributed by atoms with Crippen LogP contribution in [0.25, 0.3) is 77.6 Å². The number of rotatable bonds is 11. The van der Waals surface area contributed by atoms with Gasteiger partial charge in [-0.25, -0.2) is 0 Å². The molecule has 1 aliphatic rings. The molecule has 0 amide bonds. The minimum absolute atomic E-state index is 0.0169. The molecule has 0 radical (unpaired) electrons. The monoisotopic (exact) mass is 1020 g/mol. The molecule has 1 aliphatic carbocycles. The molecule has 0 bridgehead atoms. The first-order valence-electron chi connectivity index (χ1n) is 28.2. The lowest BCUT2D eigenvalue weighted by Gasteiger charge is -2.35. The Balaban J connectivity index is 0.871. The van der Waals surface area contributed by atoms with Crippen molar-refractivity contribution >= 4 is 21.9 Å². The van der Waals surface area contributed by atoms with E-state index in [1.54, 1.807) is 0 Å². The van der Waals surface area contributed by atoms with Crippen molar-refractivity contribution in [3.05, 3.63) is 311 Å². The van der Waals surface area contributed by atoms with E-state index in [9.17, 15) is 0 Å². The summed E-state index contributed by atoms with van der Waals surface area (Å²) >= 11 is 0. The second-order valence-corrected chi connectivity index (χ2v) is 24.0. The molecule has 79 heavy (non-hydrogen) atoms. The van der Waals surface area contributed by atoms with Crippen LogP contribution in [0, 0.1) is 0 Å². The summed E-state index contributed by atoms with van der Waals surface area (Å²) in [6.07, 6.45) is 1.72. The molecule has 0 spiro atoms. The highest BCUT2D eigenvalue weighted by Crippen LogP contribution is 2.58. The van der Waals surface area contributed by atoms with E-state index in [0.29, 0.717) is 0 Å². The molecule has 1 heteroatoms. The zero-order valence-corrected chi connectivity index (χ0v) is 46.2. The first-order chi connectivity index (χ1) is 38.4. The number of hydrogen-bond donors (Lipinski definition) is 0. The van der Waals surface area contributed by atoms with Crippen molar-refractivity contribution in [2.24, 2.45) is 0 Å². The molecule has 0 aliphatic heterocycles. The lowest BCUT2D eigenvalue weighted by molar-refractivity contribution is 0.586. The van der Waals surface area contributed by atoms with E-state index in [1.807, 2.05) is 0 Å². The van der Waals surface area contributed by atoms with E-state index in [-0.39, 0.29) is 16.7 Å². The third-order valence-electron chi connectivity index (χ3n) is 17.0. The van der Waals surface area contributed by atoms with E-state index in [4.69, 9.17) is 4.42 Å². The van der Waals surface area contributed by atoms with Crippen LogP contribution in [0.2, 0.25) is 0 Å². The molecule has 12 aromatic rings. The van der Waals surface area contributed by atoms with Crippen LogP contribution in [0.15, 0.2) is 265 Å². The molecule has 0 saturated heterocycles. The molecule has 1 aromatic heterocycles. The van der Waals surface area contributed by atoms with Gasteiger partial charge in [0.05, 0.1) is 5.41 Å². The van der Waals surface area contributed by atoms with Crippen LogP contribution in [0.3, 0.4) is 0 Å². The molecule has 0 N–H and O–H groups in total. The summed E-state index contributed by atoms with van der Waals surface area (Å²) < 4.78 is 7.24. The smallest absolute Gasteiger partial charge is 0.143 e. The molecule has 1 unspecified atom stereocenters. The van der Waals surface area contributed by atoms with Gasteiger partial charge in [-0.15, -0.1) is 0 Å². The van der Waals surface area contributed by atoms with Crippen LogP contribution in [-0.4, -0.2) is 0 Å². The van der Waals surface area contributed by atoms with Crippen LogP contribution in [0.1, 0.15) is 97.5 Å². The van der Waals surface area contributed by atoms with E-state index in [0.717, 1.165) is 45.9 Å². The topological polar surface area (TPSA) is 13.1 Å². The Morgan fingerprint density at radius 1 is 0.342 bits per heavy atom. The maximum Gasteiger partial charge on any atom is 0.143 e. The molecule has 384 valence electrons. The predicted molar refractivity (Wildman–Crippen MR) is 333 cm³/mol. The Hall–Kier alpha value is -8.78. The fourth-order valence-corrected chi connectivity index (χ4v) is 12.7. The summed E-state index contributed by atoms with van der Waals surface area (Å²) in [6.45, 7) is 13.9. The maximum atomic E-state index is 7.24. The van der Waals surface area contributed by atoms with Gasteiger partial charge in [-0.05, 0) is 130 Å². The Labute approximate surface area is 466 Å². The molecular formula is C78H66O. The minimum atomic E-state index is -0.525. The fraction of sp³-hybridized carbons (Fsp3) is 0.154. The van der Waals surface area contributed by atoms with Gasteiger partial charge < -0.3 is 4.42 Å². The summed E-state index contributed by atoms with van der Waals surface area (Å²) in [5.74, 6) is 0.202. The fourth-order valence-electron chi connectivity index (χ4n) is 12.7. The van der Waals surface area contributed by atoms with E-state index < -0.39 is 5.41 Å². The van der Waals surface area contributed by atoms with Gasteiger partial charge in [0.15, 0.2) is 0 Å². The van der Waals surface area contributed by atoms with Crippen molar-refractivity contribution in [1.29, 1.82) is 0 Å². The Morgan fingerprint density at radius 2 is 0.772 bits per heavy atom. The molecule has 0 saturated carbocycles. The highest BCUT2D eigenvalue weighted by atomic mass is 16.3. The lowest BCUT2D eigenvalue weighted by Crippen LogP contribution is -2.29. The quantitative estimate of drug-likeness (QED) is 0.126. The van der Waals surface area contributed by atoms with Crippen LogP contribution in [0.5, 0.6) is 0 Å². The molecule has 1 nitrogen and oxygen atoms in total. The molecule has 11 aromatic carbocycles. The van der Waals surface area contributed by atoms with Crippen LogP contribution < -0.4 is 0 Å². The summed E-state index contributed by atoms with van der Waals surface area (Å²) in [7, 11) is 0. The average Bonchev–Trinajstić information content (AvgIpc) is 3.37. The largest absolute Gasteiger partial charge is 0.455 e. The van der Waals surface area contributed by atoms with Crippen molar-refractivity contribution in [2.45, 2.75) is 76.5 Å². The van der Waals surface area contributed by atoms with E-state index in [1.165, 1.54) is 94.6 Å². The standard InChI is InChI=1S/C78H66O/c1-76(2,3)65-44-46-68-69-47-45-66(77(4,5)6)51-73(69)78(72(68)50-65,63-23-14-9-15-24-63)64-42-40-60(41-43-64)67-25-17-27-71-70-26-16-22-61(74(70)79-75(67)71)49-62(59-38-36-57(37-39-59)54-20-12-8-13-21-54)48-52-28-30-55(31-29-52)58-34-32-56(33-35-58)53-18-10-7-11-19-53/h7-47,50-51,62H,48-49H2,1-6H3. The number of para-hydroxylation sites is 2. The van der Waals surface area contributed by atoms with Crippen molar-refractivity contribution < 1.29 is 4.42 Å². The molecular weight excluding hydrogens is 953 g/mol. The highest BCUT2D eigenvalue weighted by Gasteiger charge is 2.47. The number of hydrogen-bond acceptors (Lipinski definition) is 1. The van der Waals surface area contributed by atoms with Gasteiger partial charge in [0.25, 0.3) is 0 Å². The SMILES string of the molecule is CC(C)(C)c1ccc2c(c1)C(c1ccccc1)(c1ccc(-c3cccc4c3oc3c(CC(Cc5ccc(-c6ccc(-c7ccccc7)cc6)cc5)c5ccc(-c6ccccc6)cc5)cccc34)cc1)c1cc(C(C)(C)C)ccc1-2. The normalized spacial score (nSPS) is 13.3. The van der Waals surface area contributed by atoms with Gasteiger partial charge in [0.2, 0.25) is 0 Å². The lowest BCUT2D eigenvalue weighted by atomic mass is 9.66. The van der Waals surface area contributed by atoms with Crippen molar-refractivity contribution in [3.8, 4) is 55.6 Å². The van der Waals surface area contributed by atoms with Crippen molar-refractivity contribution in [2.75, 3.05) is 0 Å². The number of benzene rings is 11. The van der Waals surface area contributed by atoms with Crippen molar-refractivity contribution in [3.63, 3.8) is 0 Å². The van der Waals surface area contributed by atoms with Gasteiger partial charge >= 0.3 is 0 Å². The summed E-state index contributed by atoms with van der Waals surface area (Å²) in [4.78, 5) is 0. The number of furan rings is 1. The zero-order chi connectivity index (χ0) is 53.9. The maximum absolute atomic E-state index is 7.24. The second-order valence-electron chi connectivity index (χ2n) is 24.0. The zero-order valence-electron chi connectivity index (χ0n) is 46.2. The van der Waals surface area contributed by atoms with Gasteiger partial charge in [0.1, 0.15) is 11.2 Å². The highest BCUT2D eigenvalue weighted by molar-refractivity contribution is 6.10. The third-order valence-corrected chi connectivity index (χ3v) is 17.0. The Kier molecular flexibility index (Phi) is 12.5. The minimum Gasteiger partial charge on any atom is -0.455 e. The average molecular weight is 1020 g/mol.